The molecule has 4 heteroatoms. The van der Waals surface area contributed by atoms with Crippen molar-refractivity contribution in [3.05, 3.63) is 59.9 Å². The van der Waals surface area contributed by atoms with Gasteiger partial charge in [-0.25, -0.2) is 0 Å². The molecule has 1 aromatic heterocycles. The number of piperazine rings is 1. The number of aliphatic hydroxyl groups is 1. The molecule has 21 heavy (non-hydrogen) atoms. The Morgan fingerprint density at radius 1 is 1.19 bits per heavy atom. The Bertz CT molecular complexity index is 588. The smallest absolute Gasteiger partial charge is 0.0717 e. The lowest BCUT2D eigenvalue weighted by Gasteiger charge is -2.42. The minimum atomic E-state index is 0.0248. The second-order valence-electron chi connectivity index (χ2n) is 5.54. The van der Waals surface area contributed by atoms with Crippen LogP contribution in [0.25, 0.3) is 0 Å². The Hall–Kier alpha value is -1.91. The maximum Gasteiger partial charge on any atom is 0.0717 e. The third-order valence-electron chi connectivity index (χ3n) is 4.13. The molecule has 2 heterocycles. The first-order chi connectivity index (χ1) is 10.3. The number of benzene rings is 1. The highest BCUT2D eigenvalue weighted by molar-refractivity contribution is 5.54. The van der Waals surface area contributed by atoms with Crippen LogP contribution in [-0.2, 0) is 6.61 Å². The lowest BCUT2D eigenvalue weighted by atomic mass is 10.0. The van der Waals surface area contributed by atoms with E-state index >= 15 is 0 Å². The van der Waals surface area contributed by atoms with E-state index in [4.69, 9.17) is 0 Å². The molecule has 1 fully saturated rings. The van der Waals surface area contributed by atoms with Crippen molar-refractivity contribution in [1.82, 2.24) is 9.88 Å². The highest BCUT2D eigenvalue weighted by atomic mass is 16.3. The van der Waals surface area contributed by atoms with Gasteiger partial charge < -0.3 is 14.9 Å². The molecular formula is C17H21N3O. The Balaban J connectivity index is 1.98. The Morgan fingerprint density at radius 3 is 2.76 bits per heavy atom. The standard InChI is InChI=1S/C17H21N3O/c1-19-9-10-20(16-7-8-18-11-15(16)13-21)17(12-19)14-5-3-2-4-6-14/h2-8,11,17,21H,9-10,12-13H2,1H3. The Morgan fingerprint density at radius 2 is 2.00 bits per heavy atom. The summed E-state index contributed by atoms with van der Waals surface area (Å²) in [4.78, 5) is 8.87. The first-order valence-corrected chi connectivity index (χ1v) is 7.33. The van der Waals surface area contributed by atoms with Gasteiger partial charge in [0.15, 0.2) is 0 Å². The minimum Gasteiger partial charge on any atom is -0.392 e. The van der Waals surface area contributed by atoms with Crippen LogP contribution in [0.2, 0.25) is 0 Å². The fraction of sp³-hybridized carbons (Fsp3) is 0.353. The molecule has 2 aromatic rings. The third kappa shape index (κ3) is 2.91. The summed E-state index contributed by atoms with van der Waals surface area (Å²) >= 11 is 0. The van der Waals surface area contributed by atoms with Gasteiger partial charge in [0.2, 0.25) is 0 Å². The topological polar surface area (TPSA) is 39.6 Å². The molecule has 0 spiro atoms. The van der Waals surface area contributed by atoms with Crippen molar-refractivity contribution in [1.29, 1.82) is 0 Å². The molecule has 0 bridgehead atoms. The summed E-state index contributed by atoms with van der Waals surface area (Å²) in [5, 5.41) is 9.58. The van der Waals surface area contributed by atoms with E-state index in [1.54, 1.807) is 12.4 Å². The molecule has 110 valence electrons. The van der Waals surface area contributed by atoms with Crippen molar-refractivity contribution >= 4 is 5.69 Å². The predicted octanol–water partition coefficient (Wildman–Crippen LogP) is 2.07. The Kier molecular flexibility index (Phi) is 4.18. The number of rotatable bonds is 3. The van der Waals surface area contributed by atoms with E-state index in [-0.39, 0.29) is 6.61 Å². The van der Waals surface area contributed by atoms with Crippen LogP contribution >= 0.6 is 0 Å². The van der Waals surface area contributed by atoms with Gasteiger partial charge in [0, 0.05) is 43.3 Å². The van der Waals surface area contributed by atoms with Crippen molar-refractivity contribution in [3.63, 3.8) is 0 Å². The lowest BCUT2D eigenvalue weighted by molar-refractivity contribution is 0.264. The van der Waals surface area contributed by atoms with E-state index in [0.717, 1.165) is 30.9 Å². The largest absolute Gasteiger partial charge is 0.392 e. The van der Waals surface area contributed by atoms with Crippen molar-refractivity contribution < 1.29 is 5.11 Å². The molecule has 0 radical (unpaired) electrons. The van der Waals surface area contributed by atoms with Gasteiger partial charge in [-0.15, -0.1) is 0 Å². The monoisotopic (exact) mass is 283 g/mol. The van der Waals surface area contributed by atoms with Crippen LogP contribution in [0.15, 0.2) is 48.8 Å². The average Bonchev–Trinajstić information content (AvgIpc) is 2.55. The highest BCUT2D eigenvalue weighted by Gasteiger charge is 2.27. The fourth-order valence-corrected chi connectivity index (χ4v) is 2.99. The molecule has 1 aliphatic heterocycles. The third-order valence-corrected chi connectivity index (χ3v) is 4.13. The summed E-state index contributed by atoms with van der Waals surface area (Å²) in [6, 6.07) is 12.9. The maximum atomic E-state index is 9.58. The van der Waals surface area contributed by atoms with Crippen molar-refractivity contribution in [3.8, 4) is 0 Å². The van der Waals surface area contributed by atoms with Crippen LogP contribution < -0.4 is 4.90 Å². The molecule has 1 atom stereocenters. The summed E-state index contributed by atoms with van der Waals surface area (Å²) < 4.78 is 0. The van der Waals surface area contributed by atoms with Crippen molar-refractivity contribution in [2.24, 2.45) is 0 Å². The molecule has 1 N–H and O–H groups in total. The van der Waals surface area contributed by atoms with Crippen LogP contribution in [0, 0.1) is 0 Å². The van der Waals surface area contributed by atoms with Gasteiger partial charge in [-0.05, 0) is 18.7 Å². The van der Waals surface area contributed by atoms with Gasteiger partial charge in [-0.1, -0.05) is 30.3 Å². The number of anilines is 1. The molecule has 0 saturated carbocycles. The van der Waals surface area contributed by atoms with E-state index in [2.05, 4.69) is 46.1 Å². The molecule has 0 amide bonds. The van der Waals surface area contributed by atoms with Gasteiger partial charge in [-0.3, -0.25) is 4.98 Å². The molecule has 1 aliphatic rings. The molecular weight excluding hydrogens is 262 g/mol. The molecule has 1 saturated heterocycles. The molecule has 3 rings (SSSR count). The van der Waals surface area contributed by atoms with Crippen molar-refractivity contribution in [2.75, 3.05) is 31.6 Å². The lowest BCUT2D eigenvalue weighted by Crippen LogP contribution is -2.47. The quantitative estimate of drug-likeness (QED) is 0.936. The fourth-order valence-electron chi connectivity index (χ4n) is 2.99. The first kappa shape index (κ1) is 14.0. The zero-order valence-electron chi connectivity index (χ0n) is 12.3. The van der Waals surface area contributed by atoms with Gasteiger partial charge >= 0.3 is 0 Å². The number of aromatic nitrogens is 1. The maximum absolute atomic E-state index is 9.58. The van der Waals surface area contributed by atoms with Crippen LogP contribution in [0.5, 0.6) is 0 Å². The number of likely N-dealkylation sites (N-methyl/N-ethyl adjacent to an activating group) is 1. The SMILES string of the molecule is CN1CCN(c2ccncc2CO)C(c2ccccc2)C1. The number of nitrogens with zero attached hydrogens (tertiary/aromatic N) is 3. The Labute approximate surface area is 125 Å². The molecule has 4 nitrogen and oxygen atoms in total. The first-order valence-electron chi connectivity index (χ1n) is 7.33. The number of hydrogen-bond donors (Lipinski definition) is 1. The highest BCUT2D eigenvalue weighted by Crippen LogP contribution is 2.32. The summed E-state index contributed by atoms with van der Waals surface area (Å²) in [5.74, 6) is 0. The van der Waals surface area contributed by atoms with Gasteiger partial charge in [0.1, 0.15) is 0 Å². The summed E-state index contributed by atoms with van der Waals surface area (Å²) in [6.07, 6.45) is 3.56. The second kappa shape index (κ2) is 6.24. The van der Waals surface area contributed by atoms with Gasteiger partial charge in [0.25, 0.3) is 0 Å². The minimum absolute atomic E-state index is 0.0248. The summed E-state index contributed by atoms with van der Waals surface area (Å²) in [7, 11) is 2.16. The normalized spacial score (nSPS) is 19.7. The molecule has 1 unspecified atom stereocenters. The van der Waals surface area contributed by atoms with Crippen LogP contribution in [-0.4, -0.2) is 41.7 Å². The van der Waals surface area contributed by atoms with Gasteiger partial charge in [0.05, 0.1) is 12.6 Å². The number of hydrogen-bond acceptors (Lipinski definition) is 4. The molecule has 0 aliphatic carbocycles. The zero-order chi connectivity index (χ0) is 14.7. The van der Waals surface area contributed by atoms with Crippen LogP contribution in [0.4, 0.5) is 5.69 Å². The zero-order valence-corrected chi connectivity index (χ0v) is 12.3. The van der Waals surface area contributed by atoms with E-state index in [0.29, 0.717) is 6.04 Å². The van der Waals surface area contributed by atoms with E-state index in [1.165, 1.54) is 5.56 Å². The van der Waals surface area contributed by atoms with Crippen LogP contribution in [0.1, 0.15) is 17.2 Å². The summed E-state index contributed by atoms with van der Waals surface area (Å²) in [5.41, 5.74) is 3.29. The van der Waals surface area contributed by atoms with E-state index < -0.39 is 0 Å². The van der Waals surface area contributed by atoms with Crippen molar-refractivity contribution in [2.45, 2.75) is 12.6 Å². The molecule has 1 aromatic carbocycles. The predicted molar refractivity (Wildman–Crippen MR) is 84.2 cm³/mol. The number of aliphatic hydroxyl groups excluding tert-OH is 1. The average molecular weight is 283 g/mol. The van der Waals surface area contributed by atoms with Gasteiger partial charge in [-0.2, -0.15) is 0 Å². The second-order valence-corrected chi connectivity index (χ2v) is 5.54. The van der Waals surface area contributed by atoms with E-state index in [1.807, 2.05) is 12.1 Å². The number of pyridine rings is 1. The van der Waals surface area contributed by atoms with E-state index in [9.17, 15) is 5.11 Å². The van der Waals surface area contributed by atoms with Crippen LogP contribution in [0.3, 0.4) is 0 Å². The summed E-state index contributed by atoms with van der Waals surface area (Å²) in [6.45, 7) is 2.98.